The first-order valence-electron chi connectivity index (χ1n) is 7.11. The quantitative estimate of drug-likeness (QED) is 0.773. The zero-order valence-electron chi connectivity index (χ0n) is 12.9. The molecule has 0 amide bonds. The lowest BCUT2D eigenvalue weighted by molar-refractivity contribution is 0.629. The molecule has 3 heterocycles. The van der Waals surface area contributed by atoms with Crippen LogP contribution in [0, 0.1) is 6.92 Å². The molecule has 0 saturated heterocycles. The molecule has 4 heteroatoms. The molecule has 0 saturated carbocycles. The van der Waals surface area contributed by atoms with Gasteiger partial charge in [-0.25, -0.2) is 4.98 Å². The summed E-state index contributed by atoms with van der Waals surface area (Å²) in [6.45, 7) is 8.54. The van der Waals surface area contributed by atoms with Gasteiger partial charge in [0.25, 0.3) is 0 Å². The molecule has 0 unspecified atom stereocenters. The third kappa shape index (κ3) is 2.75. The smallest absolute Gasteiger partial charge is 0.139 e. The van der Waals surface area contributed by atoms with Gasteiger partial charge in [0.05, 0.1) is 0 Å². The molecule has 0 aromatic carbocycles. The lowest BCUT2D eigenvalue weighted by Crippen LogP contribution is -2.27. The second kappa shape index (κ2) is 4.88. The van der Waals surface area contributed by atoms with Crippen molar-refractivity contribution in [2.45, 2.75) is 33.2 Å². The largest absolute Gasteiger partial charge is 0.365 e. The van der Waals surface area contributed by atoms with E-state index in [0.29, 0.717) is 0 Å². The van der Waals surface area contributed by atoms with Gasteiger partial charge in [0, 0.05) is 29.7 Å². The number of pyridine rings is 2. The number of nitrogens with one attached hydrogen (secondary N) is 1. The van der Waals surface area contributed by atoms with Gasteiger partial charge in [-0.1, -0.05) is 6.07 Å². The molecule has 0 radical (unpaired) electrons. The molecule has 4 nitrogen and oxygen atoms in total. The fraction of sp³-hybridized carbons (Fsp3) is 0.294. The van der Waals surface area contributed by atoms with Crippen LogP contribution in [0.3, 0.4) is 0 Å². The Morgan fingerprint density at radius 3 is 2.43 bits per heavy atom. The molecular formula is C17H20N4. The molecule has 3 aromatic rings. The zero-order valence-corrected chi connectivity index (χ0v) is 12.9. The molecule has 0 fully saturated rings. The van der Waals surface area contributed by atoms with Crippen LogP contribution in [-0.4, -0.2) is 19.9 Å². The first kappa shape index (κ1) is 13.6. The third-order valence-corrected chi connectivity index (χ3v) is 3.21. The van der Waals surface area contributed by atoms with Gasteiger partial charge >= 0.3 is 0 Å². The van der Waals surface area contributed by atoms with Gasteiger partial charge in [-0.05, 0) is 51.5 Å². The fourth-order valence-corrected chi connectivity index (χ4v) is 2.34. The average Bonchev–Trinajstić information content (AvgIpc) is 2.76. The van der Waals surface area contributed by atoms with Crippen LogP contribution < -0.4 is 5.32 Å². The molecule has 0 aliphatic carbocycles. The van der Waals surface area contributed by atoms with Crippen molar-refractivity contribution in [1.82, 2.24) is 14.4 Å². The topological polar surface area (TPSA) is 42.2 Å². The summed E-state index contributed by atoms with van der Waals surface area (Å²) in [4.78, 5) is 8.87. The first-order valence-corrected chi connectivity index (χ1v) is 7.11. The molecule has 0 aliphatic rings. The van der Waals surface area contributed by atoms with Crippen molar-refractivity contribution in [2.24, 2.45) is 0 Å². The standard InChI is InChI=1S/C17H20N4/c1-12-5-6-14-19-15(13-7-9-18-10-8-13)16(21(14)11-12)20-17(2,3)4/h5-11,20H,1-4H3. The summed E-state index contributed by atoms with van der Waals surface area (Å²) in [5.74, 6) is 1.02. The van der Waals surface area contributed by atoms with Gasteiger partial charge in [0.15, 0.2) is 0 Å². The highest BCUT2D eigenvalue weighted by atomic mass is 15.2. The predicted octanol–water partition coefficient (Wildman–Crippen LogP) is 3.92. The number of aryl methyl sites for hydroxylation is 1. The minimum Gasteiger partial charge on any atom is -0.365 e. The normalized spacial score (nSPS) is 11.8. The molecule has 0 aliphatic heterocycles. The van der Waals surface area contributed by atoms with Gasteiger partial charge in [0.2, 0.25) is 0 Å². The van der Waals surface area contributed by atoms with E-state index in [1.807, 2.05) is 18.2 Å². The van der Waals surface area contributed by atoms with Crippen LogP contribution in [0.15, 0.2) is 42.9 Å². The highest BCUT2D eigenvalue weighted by Gasteiger charge is 2.19. The molecule has 21 heavy (non-hydrogen) atoms. The minimum atomic E-state index is -0.0402. The Labute approximate surface area is 124 Å². The molecule has 3 aromatic heterocycles. The summed E-state index contributed by atoms with van der Waals surface area (Å²) < 4.78 is 2.12. The van der Waals surface area contributed by atoms with Crippen molar-refractivity contribution in [3.05, 3.63) is 48.4 Å². The SMILES string of the molecule is Cc1ccc2nc(-c3ccncc3)c(NC(C)(C)C)n2c1. The van der Waals surface area contributed by atoms with E-state index in [9.17, 15) is 0 Å². The Morgan fingerprint density at radius 2 is 1.76 bits per heavy atom. The number of hydrogen-bond donors (Lipinski definition) is 1. The molecule has 0 spiro atoms. The Bertz CT molecular complexity index is 767. The summed E-state index contributed by atoms with van der Waals surface area (Å²) in [6.07, 6.45) is 5.71. The number of imidazole rings is 1. The van der Waals surface area contributed by atoms with E-state index in [2.05, 4.69) is 54.7 Å². The number of anilines is 1. The van der Waals surface area contributed by atoms with Gasteiger partial charge in [0.1, 0.15) is 17.2 Å². The van der Waals surface area contributed by atoms with Crippen molar-refractivity contribution in [3.8, 4) is 11.3 Å². The van der Waals surface area contributed by atoms with E-state index in [-0.39, 0.29) is 5.54 Å². The predicted molar refractivity (Wildman–Crippen MR) is 86.5 cm³/mol. The van der Waals surface area contributed by atoms with Crippen LogP contribution in [0.2, 0.25) is 0 Å². The summed E-state index contributed by atoms with van der Waals surface area (Å²) in [6, 6.07) is 8.11. The number of hydrogen-bond acceptors (Lipinski definition) is 3. The lowest BCUT2D eigenvalue weighted by Gasteiger charge is -2.22. The van der Waals surface area contributed by atoms with Crippen LogP contribution in [0.4, 0.5) is 5.82 Å². The van der Waals surface area contributed by atoms with Crippen molar-refractivity contribution in [2.75, 3.05) is 5.32 Å². The highest BCUT2D eigenvalue weighted by molar-refractivity contribution is 5.76. The summed E-state index contributed by atoms with van der Waals surface area (Å²) in [5, 5.41) is 3.58. The molecule has 0 atom stereocenters. The van der Waals surface area contributed by atoms with Crippen LogP contribution >= 0.6 is 0 Å². The maximum absolute atomic E-state index is 4.78. The summed E-state index contributed by atoms with van der Waals surface area (Å²) in [5.41, 5.74) is 4.13. The van der Waals surface area contributed by atoms with Gasteiger partial charge in [-0.15, -0.1) is 0 Å². The maximum atomic E-state index is 4.78. The molecule has 3 rings (SSSR count). The van der Waals surface area contributed by atoms with Crippen LogP contribution in [0.5, 0.6) is 0 Å². The van der Waals surface area contributed by atoms with Gasteiger partial charge < -0.3 is 5.32 Å². The molecular weight excluding hydrogens is 260 g/mol. The zero-order chi connectivity index (χ0) is 15.0. The average molecular weight is 280 g/mol. The van der Waals surface area contributed by atoms with Gasteiger partial charge in [-0.2, -0.15) is 0 Å². The Kier molecular flexibility index (Phi) is 3.16. The van der Waals surface area contributed by atoms with Crippen LogP contribution in [0.25, 0.3) is 16.9 Å². The Hall–Kier alpha value is -2.36. The molecule has 1 N–H and O–H groups in total. The van der Waals surface area contributed by atoms with Crippen LogP contribution in [-0.2, 0) is 0 Å². The Balaban J connectivity index is 2.25. The van der Waals surface area contributed by atoms with Crippen molar-refractivity contribution < 1.29 is 0 Å². The third-order valence-electron chi connectivity index (χ3n) is 3.21. The number of nitrogens with zero attached hydrogens (tertiary/aromatic N) is 3. The number of aromatic nitrogens is 3. The second-order valence-corrected chi connectivity index (χ2v) is 6.35. The summed E-state index contributed by atoms with van der Waals surface area (Å²) in [7, 11) is 0. The van der Waals surface area contributed by atoms with Crippen molar-refractivity contribution in [3.63, 3.8) is 0 Å². The second-order valence-electron chi connectivity index (χ2n) is 6.35. The summed E-state index contributed by atoms with van der Waals surface area (Å²) >= 11 is 0. The Morgan fingerprint density at radius 1 is 1.05 bits per heavy atom. The van der Waals surface area contributed by atoms with Crippen molar-refractivity contribution >= 4 is 11.5 Å². The van der Waals surface area contributed by atoms with E-state index in [1.165, 1.54) is 5.56 Å². The van der Waals surface area contributed by atoms with E-state index in [4.69, 9.17) is 4.98 Å². The van der Waals surface area contributed by atoms with Crippen molar-refractivity contribution in [1.29, 1.82) is 0 Å². The maximum Gasteiger partial charge on any atom is 0.139 e. The minimum absolute atomic E-state index is 0.0402. The monoisotopic (exact) mass is 280 g/mol. The van der Waals surface area contributed by atoms with E-state index < -0.39 is 0 Å². The van der Waals surface area contributed by atoms with Crippen LogP contribution in [0.1, 0.15) is 26.3 Å². The first-order chi connectivity index (χ1) is 9.94. The fourth-order valence-electron chi connectivity index (χ4n) is 2.34. The molecule has 0 bridgehead atoms. The molecule has 108 valence electrons. The lowest BCUT2D eigenvalue weighted by atomic mass is 10.1. The van der Waals surface area contributed by atoms with E-state index in [1.54, 1.807) is 12.4 Å². The highest BCUT2D eigenvalue weighted by Crippen LogP contribution is 2.30. The number of fused-ring (bicyclic) bond motifs is 1. The number of rotatable bonds is 2. The van der Waals surface area contributed by atoms with E-state index >= 15 is 0 Å². The van der Waals surface area contributed by atoms with E-state index in [0.717, 1.165) is 22.7 Å². The van der Waals surface area contributed by atoms with Gasteiger partial charge in [-0.3, -0.25) is 9.38 Å².